The minimum atomic E-state index is -0.0889. The smallest absolute Gasteiger partial charge is 0.251 e. The maximum Gasteiger partial charge on any atom is 0.251 e. The molecule has 4 aromatic rings. The highest BCUT2D eigenvalue weighted by atomic mass is 16.1. The van der Waals surface area contributed by atoms with Gasteiger partial charge in [0, 0.05) is 46.8 Å². The van der Waals surface area contributed by atoms with Crippen molar-refractivity contribution in [2.75, 3.05) is 0 Å². The molecule has 0 aliphatic heterocycles. The molecule has 130 valence electrons. The Balaban J connectivity index is 1.50. The fraction of sp³-hybridized carbons (Fsp3) is 0.143. The van der Waals surface area contributed by atoms with Crippen molar-refractivity contribution in [1.82, 2.24) is 19.9 Å². The Kier molecular flexibility index (Phi) is 4.05. The Morgan fingerprint density at radius 2 is 2.08 bits per heavy atom. The Morgan fingerprint density at radius 3 is 2.88 bits per heavy atom. The number of aryl methyl sites for hydroxylation is 2. The average Bonchev–Trinajstić information content (AvgIpc) is 3.29. The number of carbonyl (C=O) groups excluding carboxylic acids is 1. The molecule has 2 heterocycles. The van der Waals surface area contributed by atoms with E-state index in [1.54, 1.807) is 12.5 Å². The predicted octanol–water partition coefficient (Wildman–Crippen LogP) is 3.90. The summed E-state index contributed by atoms with van der Waals surface area (Å²) in [7, 11) is 0. The van der Waals surface area contributed by atoms with Crippen LogP contribution in [0.2, 0.25) is 0 Å². The van der Waals surface area contributed by atoms with Gasteiger partial charge in [-0.3, -0.25) is 4.79 Å². The summed E-state index contributed by atoms with van der Waals surface area (Å²) < 4.78 is 1.88. The highest BCUT2D eigenvalue weighted by molar-refractivity contribution is 5.94. The molecule has 0 atom stereocenters. The van der Waals surface area contributed by atoms with Crippen LogP contribution in [0.1, 0.15) is 27.2 Å². The zero-order valence-corrected chi connectivity index (χ0v) is 14.8. The number of aromatic amines is 1. The van der Waals surface area contributed by atoms with E-state index in [9.17, 15) is 4.79 Å². The highest BCUT2D eigenvalue weighted by Gasteiger charge is 2.09. The molecule has 0 aliphatic carbocycles. The van der Waals surface area contributed by atoms with E-state index in [0.29, 0.717) is 12.1 Å². The fourth-order valence-corrected chi connectivity index (χ4v) is 3.12. The Morgan fingerprint density at radius 1 is 1.19 bits per heavy atom. The lowest BCUT2D eigenvalue weighted by Gasteiger charge is -2.08. The third-order valence-electron chi connectivity index (χ3n) is 4.74. The lowest BCUT2D eigenvalue weighted by atomic mass is 10.1. The predicted molar refractivity (Wildman–Crippen MR) is 103 cm³/mol. The molecule has 0 saturated heterocycles. The monoisotopic (exact) mass is 344 g/mol. The third-order valence-corrected chi connectivity index (χ3v) is 4.74. The Bertz CT molecular complexity index is 1080. The molecule has 0 spiro atoms. The number of imidazole rings is 1. The van der Waals surface area contributed by atoms with Crippen molar-refractivity contribution in [3.8, 4) is 5.69 Å². The first-order valence-electron chi connectivity index (χ1n) is 8.56. The minimum absolute atomic E-state index is 0.0889. The second kappa shape index (κ2) is 6.52. The van der Waals surface area contributed by atoms with Crippen molar-refractivity contribution < 1.29 is 4.79 Å². The van der Waals surface area contributed by atoms with Gasteiger partial charge in [0.25, 0.3) is 5.91 Å². The van der Waals surface area contributed by atoms with Crippen molar-refractivity contribution in [3.63, 3.8) is 0 Å². The summed E-state index contributed by atoms with van der Waals surface area (Å²) in [6, 6.07) is 13.7. The van der Waals surface area contributed by atoms with E-state index < -0.39 is 0 Å². The molecule has 2 aromatic carbocycles. The normalized spacial score (nSPS) is 11.0. The standard InChI is InChI=1S/C21H20N4O/c1-14-15(2)24-20-7-6-16(10-19(14)20)12-23-21(26)17-4-3-5-18(11-17)25-9-8-22-13-25/h3-11,13,24H,12H2,1-2H3,(H,23,26). The first kappa shape index (κ1) is 16.1. The topological polar surface area (TPSA) is 62.7 Å². The molecule has 26 heavy (non-hydrogen) atoms. The van der Waals surface area contributed by atoms with E-state index >= 15 is 0 Å². The second-order valence-electron chi connectivity index (χ2n) is 6.46. The first-order chi connectivity index (χ1) is 12.6. The zero-order chi connectivity index (χ0) is 18.1. The van der Waals surface area contributed by atoms with Crippen LogP contribution in [0.4, 0.5) is 0 Å². The molecule has 5 heteroatoms. The van der Waals surface area contributed by atoms with Crippen molar-refractivity contribution in [1.29, 1.82) is 0 Å². The molecule has 1 amide bonds. The number of hydrogen-bond acceptors (Lipinski definition) is 2. The maximum atomic E-state index is 12.5. The lowest BCUT2D eigenvalue weighted by Crippen LogP contribution is -2.22. The van der Waals surface area contributed by atoms with E-state index in [0.717, 1.165) is 16.8 Å². The summed E-state index contributed by atoms with van der Waals surface area (Å²) >= 11 is 0. The summed E-state index contributed by atoms with van der Waals surface area (Å²) in [5.41, 5.74) is 6.18. The Hall–Kier alpha value is -3.34. The minimum Gasteiger partial charge on any atom is -0.358 e. The largest absolute Gasteiger partial charge is 0.358 e. The van der Waals surface area contributed by atoms with Gasteiger partial charge in [0.2, 0.25) is 0 Å². The molecule has 0 bridgehead atoms. The molecule has 4 rings (SSSR count). The fourth-order valence-electron chi connectivity index (χ4n) is 3.12. The number of nitrogens with zero attached hydrogens (tertiary/aromatic N) is 2. The van der Waals surface area contributed by atoms with E-state index in [-0.39, 0.29) is 5.91 Å². The van der Waals surface area contributed by atoms with Gasteiger partial charge in [-0.15, -0.1) is 0 Å². The SMILES string of the molecule is Cc1[nH]c2ccc(CNC(=O)c3cccc(-n4ccnc4)c3)cc2c1C. The zero-order valence-electron chi connectivity index (χ0n) is 14.8. The van der Waals surface area contributed by atoms with Crippen molar-refractivity contribution in [2.24, 2.45) is 0 Å². The quantitative estimate of drug-likeness (QED) is 0.590. The van der Waals surface area contributed by atoms with Crippen LogP contribution in [-0.4, -0.2) is 20.4 Å². The molecule has 0 radical (unpaired) electrons. The summed E-state index contributed by atoms with van der Waals surface area (Å²) in [5.74, 6) is -0.0889. The molecular weight excluding hydrogens is 324 g/mol. The van der Waals surface area contributed by atoms with Gasteiger partial charge >= 0.3 is 0 Å². The highest BCUT2D eigenvalue weighted by Crippen LogP contribution is 2.22. The Labute approximate surface area is 151 Å². The molecule has 2 N–H and O–H groups in total. The van der Waals surface area contributed by atoms with Gasteiger partial charge in [0.05, 0.1) is 6.33 Å². The second-order valence-corrected chi connectivity index (χ2v) is 6.46. The molecule has 0 fully saturated rings. The van der Waals surface area contributed by atoms with E-state index in [4.69, 9.17) is 0 Å². The van der Waals surface area contributed by atoms with E-state index in [1.165, 1.54) is 16.6 Å². The number of nitrogens with one attached hydrogen (secondary N) is 2. The summed E-state index contributed by atoms with van der Waals surface area (Å²) in [6.45, 7) is 4.68. The molecule has 2 aromatic heterocycles. The number of amides is 1. The summed E-state index contributed by atoms with van der Waals surface area (Å²) in [5, 5.41) is 4.21. The van der Waals surface area contributed by atoms with Crippen LogP contribution in [0.3, 0.4) is 0 Å². The van der Waals surface area contributed by atoms with E-state index in [1.807, 2.05) is 41.1 Å². The molecule has 5 nitrogen and oxygen atoms in total. The number of carbonyl (C=O) groups is 1. The molecule has 0 aliphatic rings. The van der Waals surface area contributed by atoms with Crippen molar-refractivity contribution in [2.45, 2.75) is 20.4 Å². The first-order valence-corrected chi connectivity index (χ1v) is 8.56. The number of H-pyrrole nitrogens is 1. The number of hydrogen-bond donors (Lipinski definition) is 2. The van der Waals surface area contributed by atoms with E-state index in [2.05, 4.69) is 41.3 Å². The van der Waals surface area contributed by atoms with Crippen LogP contribution in [-0.2, 0) is 6.54 Å². The average molecular weight is 344 g/mol. The van der Waals surface area contributed by atoms with Gasteiger partial charge in [0.15, 0.2) is 0 Å². The van der Waals surface area contributed by atoms with Gasteiger partial charge < -0.3 is 14.9 Å². The van der Waals surface area contributed by atoms with Gasteiger partial charge in [-0.1, -0.05) is 12.1 Å². The van der Waals surface area contributed by atoms with Crippen molar-refractivity contribution >= 4 is 16.8 Å². The maximum absolute atomic E-state index is 12.5. The lowest BCUT2D eigenvalue weighted by molar-refractivity contribution is 0.0951. The van der Waals surface area contributed by atoms with Crippen LogP contribution < -0.4 is 5.32 Å². The van der Waals surface area contributed by atoms with Crippen LogP contribution in [0.25, 0.3) is 16.6 Å². The van der Waals surface area contributed by atoms with Gasteiger partial charge in [0.1, 0.15) is 0 Å². The van der Waals surface area contributed by atoms with Crippen molar-refractivity contribution in [3.05, 3.63) is 83.6 Å². The number of aromatic nitrogens is 3. The molecule has 0 saturated carbocycles. The van der Waals surface area contributed by atoms with Crippen LogP contribution in [0.5, 0.6) is 0 Å². The van der Waals surface area contributed by atoms with Crippen LogP contribution in [0.15, 0.2) is 61.2 Å². The van der Waals surface area contributed by atoms with Gasteiger partial charge in [-0.25, -0.2) is 4.98 Å². The summed E-state index contributed by atoms with van der Waals surface area (Å²) in [6.07, 6.45) is 5.29. The van der Waals surface area contributed by atoms with Gasteiger partial charge in [-0.05, 0) is 55.3 Å². The summed E-state index contributed by atoms with van der Waals surface area (Å²) in [4.78, 5) is 19.9. The third kappa shape index (κ3) is 2.99. The van der Waals surface area contributed by atoms with Crippen LogP contribution >= 0.6 is 0 Å². The molecule has 0 unspecified atom stereocenters. The molecular formula is C21H20N4O. The van der Waals surface area contributed by atoms with Gasteiger partial charge in [-0.2, -0.15) is 0 Å². The number of rotatable bonds is 4. The number of benzene rings is 2. The van der Waals surface area contributed by atoms with Crippen LogP contribution in [0, 0.1) is 13.8 Å². The number of fused-ring (bicyclic) bond motifs is 1.